The molecule has 0 unspecified atom stereocenters. The lowest BCUT2D eigenvalue weighted by molar-refractivity contribution is 0.0468. The lowest BCUT2D eigenvalue weighted by Gasteiger charge is -2.06. The Hall–Kier alpha value is -2.22. The van der Waals surface area contributed by atoms with Gasteiger partial charge < -0.3 is 14.2 Å². The maximum atomic E-state index is 12.2. The van der Waals surface area contributed by atoms with Crippen LogP contribution in [0.1, 0.15) is 21.6 Å². The van der Waals surface area contributed by atoms with Crippen molar-refractivity contribution in [2.45, 2.75) is 13.2 Å². The number of carbonyl (C=O) groups excluding carboxylic acids is 1. The standard InChI is InChI=1S/C20H18BrNO4S/c1-24-10-13-3-5-14(6-4-13)20(23)26-11-16-12-27-19(22-16)17-9-15(21)7-8-18(17)25-2/h3-9,12H,10-11H2,1-2H3. The van der Waals surface area contributed by atoms with Gasteiger partial charge in [-0.05, 0) is 35.9 Å². The smallest absolute Gasteiger partial charge is 0.338 e. The molecule has 0 atom stereocenters. The van der Waals surface area contributed by atoms with E-state index in [1.165, 1.54) is 11.3 Å². The van der Waals surface area contributed by atoms with Gasteiger partial charge in [-0.25, -0.2) is 9.78 Å². The molecule has 1 aromatic heterocycles. The van der Waals surface area contributed by atoms with Crippen LogP contribution in [0.15, 0.2) is 52.3 Å². The van der Waals surface area contributed by atoms with Gasteiger partial charge in [0, 0.05) is 17.0 Å². The topological polar surface area (TPSA) is 57.7 Å². The molecule has 0 amide bonds. The molecule has 7 heteroatoms. The summed E-state index contributed by atoms with van der Waals surface area (Å²) < 4.78 is 16.8. The predicted octanol–water partition coefficient (Wildman–Crippen LogP) is 5.08. The van der Waals surface area contributed by atoms with E-state index in [-0.39, 0.29) is 12.6 Å². The molecule has 0 aliphatic carbocycles. The van der Waals surface area contributed by atoms with Crippen molar-refractivity contribution in [3.8, 4) is 16.3 Å². The van der Waals surface area contributed by atoms with Gasteiger partial charge in [-0.1, -0.05) is 28.1 Å². The fourth-order valence-electron chi connectivity index (χ4n) is 2.47. The van der Waals surface area contributed by atoms with E-state index in [4.69, 9.17) is 14.2 Å². The Balaban J connectivity index is 1.66. The molecule has 140 valence electrons. The summed E-state index contributed by atoms with van der Waals surface area (Å²) in [5.41, 5.74) is 3.09. The zero-order valence-corrected chi connectivity index (χ0v) is 17.3. The molecule has 0 bridgehead atoms. The molecule has 0 N–H and O–H groups in total. The van der Waals surface area contributed by atoms with Crippen molar-refractivity contribution in [2.75, 3.05) is 14.2 Å². The quantitative estimate of drug-likeness (QED) is 0.472. The number of thiazole rings is 1. The van der Waals surface area contributed by atoms with E-state index in [1.807, 2.05) is 35.7 Å². The SMILES string of the molecule is COCc1ccc(C(=O)OCc2csc(-c3cc(Br)ccc3OC)n2)cc1. The molecule has 5 nitrogen and oxygen atoms in total. The normalized spacial score (nSPS) is 10.6. The lowest BCUT2D eigenvalue weighted by Crippen LogP contribution is -2.05. The largest absolute Gasteiger partial charge is 0.496 e. The Bertz CT molecular complexity index is 924. The molecule has 0 aliphatic rings. The number of ether oxygens (including phenoxy) is 3. The Labute approximate surface area is 170 Å². The molecule has 0 aliphatic heterocycles. The predicted molar refractivity (Wildman–Crippen MR) is 108 cm³/mol. The first kappa shape index (κ1) is 19.5. The molecule has 2 aromatic carbocycles. The first-order chi connectivity index (χ1) is 13.1. The van der Waals surface area contributed by atoms with Crippen LogP contribution in [0.5, 0.6) is 5.75 Å². The van der Waals surface area contributed by atoms with E-state index in [0.29, 0.717) is 17.9 Å². The number of rotatable bonds is 7. The number of esters is 1. The van der Waals surface area contributed by atoms with Crippen molar-refractivity contribution in [2.24, 2.45) is 0 Å². The van der Waals surface area contributed by atoms with Crippen LogP contribution in [-0.2, 0) is 22.7 Å². The van der Waals surface area contributed by atoms with Gasteiger partial charge in [0.05, 0.1) is 30.5 Å². The van der Waals surface area contributed by atoms with Gasteiger partial charge >= 0.3 is 5.97 Å². The first-order valence-electron chi connectivity index (χ1n) is 8.14. The molecule has 0 spiro atoms. The maximum Gasteiger partial charge on any atom is 0.338 e. The highest BCUT2D eigenvalue weighted by molar-refractivity contribution is 9.10. The molecule has 0 saturated heterocycles. The number of carbonyl (C=O) groups is 1. The maximum absolute atomic E-state index is 12.2. The number of halogens is 1. The van der Waals surface area contributed by atoms with Gasteiger partial charge in [-0.3, -0.25) is 0 Å². The summed E-state index contributed by atoms with van der Waals surface area (Å²) in [6.45, 7) is 0.626. The fourth-order valence-corrected chi connectivity index (χ4v) is 3.66. The minimum absolute atomic E-state index is 0.117. The number of aromatic nitrogens is 1. The van der Waals surface area contributed by atoms with Crippen molar-refractivity contribution in [3.63, 3.8) is 0 Å². The van der Waals surface area contributed by atoms with Crippen LogP contribution in [0.2, 0.25) is 0 Å². The highest BCUT2D eigenvalue weighted by atomic mass is 79.9. The summed E-state index contributed by atoms with van der Waals surface area (Å²) in [5, 5.41) is 2.69. The second-order valence-electron chi connectivity index (χ2n) is 5.69. The number of nitrogens with zero attached hydrogens (tertiary/aromatic N) is 1. The minimum Gasteiger partial charge on any atom is -0.496 e. The third-order valence-electron chi connectivity index (χ3n) is 3.80. The third kappa shape index (κ3) is 4.94. The van der Waals surface area contributed by atoms with Crippen LogP contribution >= 0.6 is 27.3 Å². The average molecular weight is 448 g/mol. The van der Waals surface area contributed by atoms with Crippen molar-refractivity contribution in [1.82, 2.24) is 4.98 Å². The van der Waals surface area contributed by atoms with Gasteiger partial charge in [-0.2, -0.15) is 0 Å². The van der Waals surface area contributed by atoms with Crippen LogP contribution in [0.25, 0.3) is 10.6 Å². The Kier molecular flexibility index (Phi) is 6.60. The number of hydrogen-bond donors (Lipinski definition) is 0. The summed E-state index contributed by atoms with van der Waals surface area (Å²) in [4.78, 5) is 16.8. The monoisotopic (exact) mass is 447 g/mol. The lowest BCUT2D eigenvalue weighted by atomic mass is 10.1. The summed E-state index contributed by atoms with van der Waals surface area (Å²) in [6.07, 6.45) is 0. The van der Waals surface area contributed by atoms with E-state index in [1.54, 1.807) is 26.4 Å². The molecular formula is C20H18BrNO4S. The van der Waals surface area contributed by atoms with Crippen LogP contribution in [0.4, 0.5) is 0 Å². The molecule has 3 aromatic rings. The molecule has 0 saturated carbocycles. The summed E-state index contributed by atoms with van der Waals surface area (Å²) in [6, 6.07) is 12.9. The van der Waals surface area contributed by atoms with Crippen LogP contribution in [0.3, 0.4) is 0 Å². The third-order valence-corrected chi connectivity index (χ3v) is 5.21. The van der Waals surface area contributed by atoms with Crippen molar-refractivity contribution in [3.05, 3.63) is 69.1 Å². The fraction of sp³-hybridized carbons (Fsp3) is 0.200. The Morgan fingerprint density at radius 2 is 1.89 bits per heavy atom. The van der Waals surface area contributed by atoms with Crippen LogP contribution in [-0.4, -0.2) is 25.2 Å². The van der Waals surface area contributed by atoms with E-state index >= 15 is 0 Å². The van der Waals surface area contributed by atoms with Crippen LogP contribution < -0.4 is 4.74 Å². The van der Waals surface area contributed by atoms with Gasteiger partial charge in [0.15, 0.2) is 0 Å². The second kappa shape index (κ2) is 9.12. The van der Waals surface area contributed by atoms with Gasteiger partial charge in [0.25, 0.3) is 0 Å². The number of benzene rings is 2. The van der Waals surface area contributed by atoms with Crippen LogP contribution in [0, 0.1) is 0 Å². The number of hydrogen-bond acceptors (Lipinski definition) is 6. The van der Waals surface area contributed by atoms with Gasteiger partial charge in [0.1, 0.15) is 17.4 Å². The van der Waals surface area contributed by atoms with Crippen molar-refractivity contribution < 1.29 is 19.0 Å². The summed E-state index contributed by atoms with van der Waals surface area (Å²) in [7, 11) is 3.26. The van der Waals surface area contributed by atoms with E-state index < -0.39 is 0 Å². The first-order valence-corrected chi connectivity index (χ1v) is 9.81. The molecule has 27 heavy (non-hydrogen) atoms. The van der Waals surface area contributed by atoms with Crippen molar-refractivity contribution in [1.29, 1.82) is 0 Å². The molecule has 1 heterocycles. The van der Waals surface area contributed by atoms with E-state index in [9.17, 15) is 4.79 Å². The zero-order valence-electron chi connectivity index (χ0n) is 14.9. The molecular weight excluding hydrogens is 430 g/mol. The van der Waals surface area contributed by atoms with Gasteiger partial charge in [0.2, 0.25) is 0 Å². The summed E-state index contributed by atoms with van der Waals surface area (Å²) >= 11 is 4.94. The Morgan fingerprint density at radius 1 is 1.11 bits per heavy atom. The second-order valence-corrected chi connectivity index (χ2v) is 7.47. The van der Waals surface area contributed by atoms with E-state index in [2.05, 4.69) is 20.9 Å². The van der Waals surface area contributed by atoms with Crippen molar-refractivity contribution >= 4 is 33.2 Å². The minimum atomic E-state index is -0.381. The van der Waals surface area contributed by atoms with E-state index in [0.717, 1.165) is 26.4 Å². The highest BCUT2D eigenvalue weighted by Crippen LogP contribution is 2.34. The zero-order chi connectivity index (χ0) is 19.2. The summed E-state index contributed by atoms with van der Waals surface area (Å²) in [5.74, 6) is 0.362. The van der Waals surface area contributed by atoms with Gasteiger partial charge in [-0.15, -0.1) is 11.3 Å². The molecule has 0 radical (unpaired) electrons. The number of methoxy groups -OCH3 is 2. The Morgan fingerprint density at radius 3 is 2.59 bits per heavy atom. The molecule has 3 rings (SSSR count). The molecule has 0 fully saturated rings. The highest BCUT2D eigenvalue weighted by Gasteiger charge is 2.13. The average Bonchev–Trinajstić information content (AvgIpc) is 3.16.